The fraction of sp³-hybridized carbons (Fsp3) is 0.182. The van der Waals surface area contributed by atoms with Crippen LogP contribution in [-0.4, -0.2) is 17.2 Å². The van der Waals surface area contributed by atoms with E-state index >= 15 is 0 Å². The van der Waals surface area contributed by atoms with Gasteiger partial charge >= 0.3 is 0 Å². The van der Waals surface area contributed by atoms with Crippen molar-refractivity contribution >= 4 is 0 Å². The van der Waals surface area contributed by atoms with E-state index in [0.29, 0.717) is 0 Å². The molecule has 0 aliphatic heterocycles. The number of hydrogen-bond acceptors (Lipinski definition) is 2. The Kier molecular flexibility index (Phi) is 2.78. The summed E-state index contributed by atoms with van der Waals surface area (Å²) in [6.07, 6.45) is 1.70. The third-order valence-corrected chi connectivity index (χ3v) is 2.33. The van der Waals surface area contributed by atoms with Gasteiger partial charge in [-0.1, -0.05) is 12.1 Å². The number of halogens is 1. The Labute approximate surface area is 87.3 Å². The van der Waals surface area contributed by atoms with Crippen LogP contribution in [0.5, 0.6) is 0 Å². The van der Waals surface area contributed by atoms with Gasteiger partial charge in [0.2, 0.25) is 0 Å². The van der Waals surface area contributed by atoms with E-state index in [-0.39, 0.29) is 11.9 Å². The molecular weight excluding hydrogens is 193 g/mol. The molecule has 2 N–H and O–H groups in total. The van der Waals surface area contributed by atoms with E-state index in [9.17, 15) is 4.39 Å². The fourth-order valence-electron chi connectivity index (χ4n) is 1.58. The molecular formula is C11H12FN3. The quantitative estimate of drug-likeness (QED) is 0.803. The van der Waals surface area contributed by atoms with Crippen LogP contribution in [0.4, 0.5) is 4.39 Å². The van der Waals surface area contributed by atoms with E-state index in [1.54, 1.807) is 18.3 Å². The van der Waals surface area contributed by atoms with Gasteiger partial charge in [0.25, 0.3) is 0 Å². The van der Waals surface area contributed by atoms with Crippen molar-refractivity contribution in [3.8, 4) is 0 Å². The van der Waals surface area contributed by atoms with E-state index in [1.807, 2.05) is 13.1 Å². The minimum Gasteiger partial charge on any atom is -0.308 e. The molecule has 1 heterocycles. The number of rotatable bonds is 3. The van der Waals surface area contributed by atoms with Crippen LogP contribution >= 0.6 is 0 Å². The molecule has 1 unspecified atom stereocenters. The first-order valence-corrected chi connectivity index (χ1v) is 4.73. The monoisotopic (exact) mass is 205 g/mol. The van der Waals surface area contributed by atoms with Crippen molar-refractivity contribution in [2.45, 2.75) is 6.04 Å². The fourth-order valence-corrected chi connectivity index (χ4v) is 1.58. The highest BCUT2D eigenvalue weighted by molar-refractivity contribution is 5.27. The van der Waals surface area contributed by atoms with E-state index in [1.165, 1.54) is 12.1 Å². The summed E-state index contributed by atoms with van der Waals surface area (Å²) in [5.74, 6) is -0.224. The predicted octanol–water partition coefficient (Wildman–Crippen LogP) is 1.86. The third-order valence-electron chi connectivity index (χ3n) is 2.33. The van der Waals surface area contributed by atoms with Gasteiger partial charge in [0.15, 0.2) is 0 Å². The highest BCUT2D eigenvalue weighted by atomic mass is 19.1. The Balaban J connectivity index is 2.31. The second-order valence-electron chi connectivity index (χ2n) is 3.29. The van der Waals surface area contributed by atoms with Crippen LogP contribution in [0.25, 0.3) is 0 Å². The van der Waals surface area contributed by atoms with Gasteiger partial charge in [0.1, 0.15) is 5.82 Å². The number of benzene rings is 1. The molecule has 0 spiro atoms. The number of nitrogens with zero attached hydrogens (tertiary/aromatic N) is 1. The molecule has 3 nitrogen and oxygen atoms in total. The number of aromatic nitrogens is 2. The number of H-pyrrole nitrogens is 1. The molecule has 0 fully saturated rings. The molecule has 78 valence electrons. The Morgan fingerprint density at radius 2 is 2.00 bits per heavy atom. The Morgan fingerprint density at radius 3 is 2.53 bits per heavy atom. The largest absolute Gasteiger partial charge is 0.308 e. The van der Waals surface area contributed by atoms with Crippen LogP contribution in [0.15, 0.2) is 36.5 Å². The molecule has 0 bridgehead atoms. The van der Waals surface area contributed by atoms with Crippen molar-refractivity contribution < 1.29 is 4.39 Å². The average Bonchev–Trinajstić information content (AvgIpc) is 2.75. The van der Waals surface area contributed by atoms with Crippen molar-refractivity contribution in [2.24, 2.45) is 0 Å². The Morgan fingerprint density at radius 1 is 1.27 bits per heavy atom. The lowest BCUT2D eigenvalue weighted by Gasteiger charge is -2.14. The Hall–Kier alpha value is -1.68. The van der Waals surface area contributed by atoms with E-state index in [2.05, 4.69) is 15.5 Å². The van der Waals surface area contributed by atoms with Gasteiger partial charge in [-0.15, -0.1) is 0 Å². The molecule has 0 aliphatic rings. The molecule has 0 saturated heterocycles. The van der Waals surface area contributed by atoms with Gasteiger partial charge in [0, 0.05) is 6.20 Å². The summed E-state index contributed by atoms with van der Waals surface area (Å²) < 4.78 is 12.8. The second-order valence-corrected chi connectivity index (χ2v) is 3.29. The first-order valence-electron chi connectivity index (χ1n) is 4.73. The van der Waals surface area contributed by atoms with Crippen LogP contribution in [0.3, 0.4) is 0 Å². The van der Waals surface area contributed by atoms with E-state index < -0.39 is 0 Å². The summed E-state index contributed by atoms with van der Waals surface area (Å²) in [6, 6.07) is 8.35. The van der Waals surface area contributed by atoms with Crippen LogP contribution in [-0.2, 0) is 0 Å². The number of hydrogen-bond donors (Lipinski definition) is 2. The molecule has 1 aromatic carbocycles. The van der Waals surface area contributed by atoms with Crippen LogP contribution in [0.2, 0.25) is 0 Å². The van der Waals surface area contributed by atoms with Crippen molar-refractivity contribution in [1.29, 1.82) is 0 Å². The number of nitrogens with one attached hydrogen (secondary N) is 2. The zero-order valence-electron chi connectivity index (χ0n) is 8.37. The highest BCUT2D eigenvalue weighted by Crippen LogP contribution is 2.19. The maximum absolute atomic E-state index is 12.8. The lowest BCUT2D eigenvalue weighted by Crippen LogP contribution is -2.18. The summed E-state index contributed by atoms with van der Waals surface area (Å²) in [7, 11) is 1.86. The third kappa shape index (κ3) is 2.05. The summed E-state index contributed by atoms with van der Waals surface area (Å²) >= 11 is 0. The molecule has 4 heteroatoms. The molecule has 1 aromatic heterocycles. The molecule has 15 heavy (non-hydrogen) atoms. The highest BCUT2D eigenvalue weighted by Gasteiger charge is 2.12. The summed E-state index contributed by atoms with van der Waals surface area (Å²) in [4.78, 5) is 0. The maximum atomic E-state index is 12.8. The number of aromatic amines is 1. The predicted molar refractivity (Wildman–Crippen MR) is 55.9 cm³/mol. The van der Waals surface area contributed by atoms with Gasteiger partial charge in [0.05, 0.1) is 11.7 Å². The zero-order valence-corrected chi connectivity index (χ0v) is 8.37. The molecule has 1 atom stereocenters. The zero-order chi connectivity index (χ0) is 10.7. The van der Waals surface area contributed by atoms with Crippen LogP contribution in [0, 0.1) is 5.82 Å². The van der Waals surface area contributed by atoms with Crippen LogP contribution < -0.4 is 5.32 Å². The lowest BCUT2D eigenvalue weighted by atomic mass is 10.0. The van der Waals surface area contributed by atoms with Gasteiger partial charge in [-0.25, -0.2) is 4.39 Å². The van der Waals surface area contributed by atoms with Crippen LogP contribution in [0.1, 0.15) is 17.3 Å². The van der Waals surface area contributed by atoms with E-state index in [4.69, 9.17) is 0 Å². The van der Waals surface area contributed by atoms with Crippen molar-refractivity contribution in [1.82, 2.24) is 15.5 Å². The van der Waals surface area contributed by atoms with Crippen molar-refractivity contribution in [3.63, 3.8) is 0 Å². The molecule has 0 amide bonds. The molecule has 2 rings (SSSR count). The minimum atomic E-state index is -0.224. The SMILES string of the molecule is CNC(c1ccc(F)cc1)c1ccn[nH]1. The second kappa shape index (κ2) is 4.23. The van der Waals surface area contributed by atoms with Gasteiger partial charge in [-0.05, 0) is 30.8 Å². The maximum Gasteiger partial charge on any atom is 0.123 e. The first-order chi connectivity index (χ1) is 7.31. The summed E-state index contributed by atoms with van der Waals surface area (Å²) in [5.41, 5.74) is 1.97. The van der Waals surface area contributed by atoms with Crippen molar-refractivity contribution in [3.05, 3.63) is 53.6 Å². The molecule has 0 saturated carbocycles. The lowest BCUT2D eigenvalue weighted by molar-refractivity contribution is 0.621. The molecule has 0 aliphatic carbocycles. The van der Waals surface area contributed by atoms with Gasteiger partial charge in [-0.3, -0.25) is 5.10 Å². The Bertz CT molecular complexity index is 408. The minimum absolute atomic E-state index is 0.0214. The van der Waals surface area contributed by atoms with Gasteiger partial charge in [-0.2, -0.15) is 5.10 Å². The molecule has 2 aromatic rings. The standard InChI is InChI=1S/C11H12FN3/c1-13-11(10-6-7-14-15-10)8-2-4-9(12)5-3-8/h2-7,11,13H,1H3,(H,14,15). The van der Waals surface area contributed by atoms with E-state index in [0.717, 1.165) is 11.3 Å². The topological polar surface area (TPSA) is 40.7 Å². The molecule has 0 radical (unpaired) electrons. The smallest absolute Gasteiger partial charge is 0.123 e. The van der Waals surface area contributed by atoms with Gasteiger partial charge < -0.3 is 5.32 Å². The van der Waals surface area contributed by atoms with Crippen molar-refractivity contribution in [2.75, 3.05) is 7.05 Å². The summed E-state index contributed by atoms with van der Waals surface area (Å²) in [5, 5.41) is 9.94. The first kappa shape index (κ1) is 9.86. The normalized spacial score (nSPS) is 12.7. The summed E-state index contributed by atoms with van der Waals surface area (Å²) in [6.45, 7) is 0. The average molecular weight is 205 g/mol.